The van der Waals surface area contributed by atoms with E-state index in [1.54, 1.807) is 19.1 Å². The number of fused-ring (bicyclic) bond motifs is 2. The highest BCUT2D eigenvalue weighted by Gasteiger charge is 2.40. The Hall–Kier alpha value is -4.42. The summed E-state index contributed by atoms with van der Waals surface area (Å²) >= 11 is 0. The number of amides is 1. The van der Waals surface area contributed by atoms with Crippen LogP contribution in [0.5, 0.6) is 11.5 Å². The molecule has 268 valence electrons. The normalized spacial score (nSPS) is 13.2. The lowest BCUT2D eigenvalue weighted by Crippen LogP contribution is -2.49. The zero-order valence-electron chi connectivity index (χ0n) is 31.5. The van der Waals surface area contributed by atoms with Crippen LogP contribution in [-0.4, -0.2) is 82.9 Å². The number of nitrogens with zero attached hydrogens (tertiary/aromatic N) is 5. The van der Waals surface area contributed by atoms with Crippen LogP contribution in [0.4, 0.5) is 4.79 Å². The minimum Gasteiger partial charge on any atom is -0.497 e. The summed E-state index contributed by atoms with van der Waals surface area (Å²) < 4.78 is 26.6. The first-order chi connectivity index (χ1) is 23.3. The SMILES string of the molecule is COc1cc(OCC(CN(C)C(=O)OC(C)(C)C)O[Si](C)(C)C(C)(C)C)cc(-c2cc(-c3cnc4[nH]ccc4c3)nc3c(C(C)C)cnn23)c1. The van der Waals surface area contributed by atoms with Gasteiger partial charge in [0.15, 0.2) is 14.0 Å². The van der Waals surface area contributed by atoms with Crippen LogP contribution >= 0.6 is 0 Å². The Bertz CT molecular complexity index is 1970. The van der Waals surface area contributed by atoms with Crippen LogP contribution in [0.15, 0.2) is 55.0 Å². The molecule has 0 saturated carbocycles. The topological polar surface area (TPSA) is 116 Å². The third kappa shape index (κ3) is 8.30. The van der Waals surface area contributed by atoms with Crippen LogP contribution in [0.1, 0.15) is 66.9 Å². The molecule has 5 rings (SSSR count). The molecule has 1 amide bonds. The molecule has 1 N–H and O–H groups in total. The second-order valence-corrected chi connectivity index (χ2v) is 20.5. The van der Waals surface area contributed by atoms with E-state index in [0.29, 0.717) is 18.0 Å². The van der Waals surface area contributed by atoms with Crippen LogP contribution in [0.25, 0.3) is 39.2 Å². The smallest absolute Gasteiger partial charge is 0.410 e. The van der Waals surface area contributed by atoms with Gasteiger partial charge in [0.2, 0.25) is 0 Å². The van der Waals surface area contributed by atoms with Crippen molar-refractivity contribution in [2.24, 2.45) is 0 Å². The number of carbonyl (C=O) groups is 1. The fraction of sp³-hybridized carbons (Fsp3) is 0.474. The molecule has 11 nitrogen and oxygen atoms in total. The average Bonchev–Trinajstić information content (AvgIpc) is 3.68. The van der Waals surface area contributed by atoms with E-state index in [4.69, 9.17) is 28.7 Å². The maximum atomic E-state index is 12.9. The standard InChI is InChI=1S/C38H52N6O5Si/c1-24(2)31-21-41-44-33(19-32(42-35(31)44)27-15-25-13-14-39-34(25)40-20-27)26-16-28(46-10)18-29(17-26)47-23-30(49-50(11,12)38(6,7)8)22-43(9)36(45)48-37(3,4)5/h13-21,24,30H,22-23H2,1-12H3,(H,39,40). The molecular formula is C38H52N6O5Si. The quantitative estimate of drug-likeness (QED) is 0.136. The molecule has 1 atom stereocenters. The van der Waals surface area contributed by atoms with E-state index in [1.165, 1.54) is 0 Å². The van der Waals surface area contributed by atoms with Crippen molar-refractivity contribution >= 4 is 31.1 Å². The zero-order chi connectivity index (χ0) is 36.6. The largest absolute Gasteiger partial charge is 0.497 e. The van der Waals surface area contributed by atoms with Crippen LogP contribution in [-0.2, 0) is 9.16 Å². The van der Waals surface area contributed by atoms with E-state index >= 15 is 0 Å². The lowest BCUT2D eigenvalue weighted by molar-refractivity contribution is 0.0172. The van der Waals surface area contributed by atoms with Gasteiger partial charge in [-0.05, 0) is 75.2 Å². The number of likely N-dealkylation sites (N-methyl/N-ethyl adjacent to an activating group) is 1. The maximum Gasteiger partial charge on any atom is 0.410 e. The highest BCUT2D eigenvalue weighted by atomic mass is 28.4. The van der Waals surface area contributed by atoms with Gasteiger partial charge in [-0.25, -0.2) is 19.3 Å². The van der Waals surface area contributed by atoms with Crippen LogP contribution in [0.2, 0.25) is 18.1 Å². The summed E-state index contributed by atoms with van der Waals surface area (Å²) in [6.07, 6.45) is 4.79. The fourth-order valence-electron chi connectivity index (χ4n) is 5.37. The summed E-state index contributed by atoms with van der Waals surface area (Å²) in [6.45, 7) is 21.3. The predicted molar refractivity (Wildman–Crippen MR) is 201 cm³/mol. The number of aromatic nitrogens is 5. The van der Waals surface area contributed by atoms with Crippen molar-refractivity contribution in [2.45, 2.75) is 91.1 Å². The Morgan fingerprint density at radius 1 is 1.00 bits per heavy atom. The van der Waals surface area contributed by atoms with Crippen molar-refractivity contribution in [3.63, 3.8) is 0 Å². The molecule has 1 unspecified atom stereocenters. The fourth-order valence-corrected chi connectivity index (χ4v) is 6.70. The number of methoxy groups -OCH3 is 1. The van der Waals surface area contributed by atoms with Crippen molar-refractivity contribution in [3.8, 4) is 34.0 Å². The number of hydrogen-bond donors (Lipinski definition) is 1. The summed E-state index contributed by atoms with van der Waals surface area (Å²) in [6, 6.07) is 11.9. The average molecular weight is 701 g/mol. The number of aromatic amines is 1. The van der Waals surface area contributed by atoms with Gasteiger partial charge in [-0.1, -0.05) is 34.6 Å². The molecule has 4 aromatic heterocycles. The summed E-state index contributed by atoms with van der Waals surface area (Å²) in [5, 5.41) is 5.74. The van der Waals surface area contributed by atoms with Gasteiger partial charge < -0.3 is 28.5 Å². The minimum atomic E-state index is -2.23. The summed E-state index contributed by atoms with van der Waals surface area (Å²) in [5.74, 6) is 1.44. The van der Waals surface area contributed by atoms with Gasteiger partial charge in [0.25, 0.3) is 0 Å². The van der Waals surface area contributed by atoms with E-state index in [1.807, 2.05) is 74.2 Å². The Morgan fingerprint density at radius 2 is 1.72 bits per heavy atom. The maximum absolute atomic E-state index is 12.9. The van der Waals surface area contributed by atoms with Gasteiger partial charge in [-0.2, -0.15) is 5.10 Å². The molecule has 0 aliphatic rings. The lowest BCUT2D eigenvalue weighted by atomic mass is 10.1. The van der Waals surface area contributed by atoms with Gasteiger partial charge in [-0.3, -0.25) is 0 Å². The molecular weight excluding hydrogens is 649 g/mol. The molecule has 0 aliphatic heterocycles. The van der Waals surface area contributed by atoms with Gasteiger partial charge in [0, 0.05) is 47.6 Å². The first kappa shape index (κ1) is 36.8. The third-order valence-corrected chi connectivity index (χ3v) is 13.6. The number of benzene rings is 1. The Kier molecular flexibility index (Phi) is 10.4. The van der Waals surface area contributed by atoms with Crippen LogP contribution in [0, 0.1) is 0 Å². The van der Waals surface area contributed by atoms with Gasteiger partial charge in [0.1, 0.15) is 29.4 Å². The predicted octanol–water partition coefficient (Wildman–Crippen LogP) is 8.71. The molecule has 12 heteroatoms. The van der Waals surface area contributed by atoms with Crippen molar-refractivity contribution in [1.82, 2.24) is 29.5 Å². The molecule has 4 heterocycles. The zero-order valence-corrected chi connectivity index (χ0v) is 32.5. The minimum absolute atomic E-state index is 0.0386. The van der Waals surface area contributed by atoms with Crippen LogP contribution < -0.4 is 9.47 Å². The van der Waals surface area contributed by atoms with Crippen molar-refractivity contribution in [2.75, 3.05) is 27.3 Å². The number of carbonyl (C=O) groups excluding carboxylic acids is 1. The van der Waals surface area contributed by atoms with E-state index in [9.17, 15) is 4.79 Å². The van der Waals surface area contributed by atoms with Gasteiger partial charge in [0.05, 0.1) is 37.3 Å². The van der Waals surface area contributed by atoms with Crippen molar-refractivity contribution in [3.05, 3.63) is 60.6 Å². The number of pyridine rings is 1. The second kappa shape index (κ2) is 14.1. The molecule has 0 spiro atoms. The molecule has 5 aromatic rings. The molecule has 0 saturated heterocycles. The highest BCUT2D eigenvalue weighted by molar-refractivity contribution is 6.74. The van der Waals surface area contributed by atoms with E-state index in [-0.39, 0.29) is 17.6 Å². The molecule has 0 aliphatic carbocycles. The van der Waals surface area contributed by atoms with E-state index in [0.717, 1.165) is 44.8 Å². The van der Waals surface area contributed by atoms with Gasteiger partial charge >= 0.3 is 6.09 Å². The second-order valence-electron chi connectivity index (χ2n) is 15.7. The molecule has 1 aromatic carbocycles. The van der Waals surface area contributed by atoms with Crippen LogP contribution in [0.3, 0.4) is 0 Å². The Balaban J connectivity index is 1.52. The lowest BCUT2D eigenvalue weighted by Gasteiger charge is -2.40. The number of ether oxygens (including phenoxy) is 3. The summed E-state index contributed by atoms with van der Waals surface area (Å²) in [7, 11) is 1.13. The molecule has 0 fully saturated rings. The number of nitrogens with one attached hydrogen (secondary N) is 1. The molecule has 0 bridgehead atoms. The summed E-state index contributed by atoms with van der Waals surface area (Å²) in [5.41, 5.74) is 5.39. The van der Waals surface area contributed by atoms with Gasteiger partial charge in [-0.15, -0.1) is 0 Å². The molecule has 50 heavy (non-hydrogen) atoms. The highest BCUT2D eigenvalue weighted by Crippen LogP contribution is 2.38. The number of rotatable bonds is 11. The number of H-pyrrole nitrogens is 1. The van der Waals surface area contributed by atoms with Crippen molar-refractivity contribution < 1.29 is 23.4 Å². The first-order valence-corrected chi connectivity index (χ1v) is 20.0. The van der Waals surface area contributed by atoms with E-state index < -0.39 is 26.1 Å². The Labute approximate surface area is 296 Å². The van der Waals surface area contributed by atoms with Crippen molar-refractivity contribution in [1.29, 1.82) is 0 Å². The Morgan fingerprint density at radius 3 is 2.38 bits per heavy atom. The number of hydrogen-bond acceptors (Lipinski definition) is 8. The third-order valence-electron chi connectivity index (χ3n) is 9.11. The van der Waals surface area contributed by atoms with E-state index in [2.05, 4.69) is 63.7 Å². The molecule has 0 radical (unpaired) electrons. The summed E-state index contributed by atoms with van der Waals surface area (Å²) in [4.78, 5) is 27.3. The monoisotopic (exact) mass is 700 g/mol. The first-order valence-electron chi connectivity index (χ1n) is 17.1.